The number of rotatable bonds is 8. The first kappa shape index (κ1) is 19.6. The van der Waals surface area contributed by atoms with E-state index in [9.17, 15) is 0 Å². The van der Waals surface area contributed by atoms with Crippen molar-refractivity contribution in [1.82, 2.24) is 0 Å². The van der Waals surface area contributed by atoms with Crippen molar-refractivity contribution in [3.8, 4) is 0 Å². The van der Waals surface area contributed by atoms with Crippen molar-refractivity contribution in [2.24, 2.45) is 0 Å². The van der Waals surface area contributed by atoms with E-state index in [2.05, 4.69) is 89.4 Å². The molecule has 2 aromatic rings. The highest BCUT2D eigenvalue weighted by molar-refractivity contribution is 7.99. The molecule has 0 aliphatic rings. The summed E-state index contributed by atoms with van der Waals surface area (Å²) in [6.45, 7) is 16.9. The summed E-state index contributed by atoms with van der Waals surface area (Å²) < 4.78 is 0. The smallest absolute Gasteiger partial charge is 0.0340 e. The zero-order chi connectivity index (χ0) is 18.4. The van der Waals surface area contributed by atoms with Gasteiger partial charge in [0, 0.05) is 10.5 Å². The molecule has 0 saturated heterocycles. The molecule has 0 aliphatic carbocycles. The molecule has 0 aromatic heterocycles. The second kappa shape index (κ2) is 9.10. The third kappa shape index (κ3) is 6.25. The highest BCUT2D eigenvalue weighted by Crippen LogP contribution is 2.46. The molecule has 0 spiro atoms. The standard InChI is InChI=1S/C24H30S/c1-17(2)13-23(21-11-7-9-19(5)15-21)25-24(14-18(3)4)22-12-8-10-20(6)16-22/h7-12,15-16,23-24H,1,3,13-14H2,2,4-6H3. The fourth-order valence-corrected chi connectivity index (χ4v) is 4.83. The summed E-state index contributed by atoms with van der Waals surface area (Å²) in [6, 6.07) is 17.8. The summed E-state index contributed by atoms with van der Waals surface area (Å²) in [7, 11) is 0. The van der Waals surface area contributed by atoms with Crippen LogP contribution in [0.5, 0.6) is 0 Å². The Labute approximate surface area is 158 Å². The number of aryl methyl sites for hydroxylation is 2. The lowest BCUT2D eigenvalue weighted by molar-refractivity contribution is 0.870. The van der Waals surface area contributed by atoms with Gasteiger partial charge in [0.2, 0.25) is 0 Å². The summed E-state index contributed by atoms with van der Waals surface area (Å²) in [6.07, 6.45) is 2.01. The van der Waals surface area contributed by atoms with E-state index in [1.807, 2.05) is 11.8 Å². The number of allylic oxidation sites excluding steroid dienone is 2. The number of hydrogen-bond acceptors (Lipinski definition) is 1. The molecule has 25 heavy (non-hydrogen) atoms. The molecule has 2 aromatic carbocycles. The van der Waals surface area contributed by atoms with Gasteiger partial charge in [-0.2, -0.15) is 0 Å². The maximum atomic E-state index is 4.17. The lowest BCUT2D eigenvalue weighted by Crippen LogP contribution is -2.03. The zero-order valence-electron chi connectivity index (χ0n) is 16.0. The van der Waals surface area contributed by atoms with Crippen LogP contribution in [0.25, 0.3) is 0 Å². The summed E-state index contributed by atoms with van der Waals surface area (Å²) >= 11 is 2.05. The minimum Gasteiger partial charge on any atom is -0.145 e. The van der Waals surface area contributed by atoms with Gasteiger partial charge in [-0.25, -0.2) is 0 Å². The van der Waals surface area contributed by atoms with Crippen molar-refractivity contribution < 1.29 is 0 Å². The Morgan fingerprint density at radius 1 is 0.800 bits per heavy atom. The third-order valence-electron chi connectivity index (χ3n) is 4.22. The summed E-state index contributed by atoms with van der Waals surface area (Å²) in [4.78, 5) is 0. The average Bonchev–Trinajstić information content (AvgIpc) is 2.52. The van der Waals surface area contributed by atoms with Crippen LogP contribution in [0.1, 0.15) is 59.4 Å². The van der Waals surface area contributed by atoms with Crippen molar-refractivity contribution in [3.05, 3.63) is 95.1 Å². The predicted molar refractivity (Wildman–Crippen MR) is 114 cm³/mol. The Hall–Kier alpha value is -1.73. The zero-order valence-corrected chi connectivity index (χ0v) is 16.8. The van der Waals surface area contributed by atoms with Crippen LogP contribution in [0, 0.1) is 13.8 Å². The van der Waals surface area contributed by atoms with E-state index in [-0.39, 0.29) is 0 Å². The molecule has 2 atom stereocenters. The normalized spacial score (nSPS) is 13.3. The molecule has 0 radical (unpaired) electrons. The Morgan fingerprint density at radius 2 is 1.20 bits per heavy atom. The van der Waals surface area contributed by atoms with Gasteiger partial charge < -0.3 is 0 Å². The van der Waals surface area contributed by atoms with Crippen LogP contribution in [0.2, 0.25) is 0 Å². The highest BCUT2D eigenvalue weighted by atomic mass is 32.2. The number of benzene rings is 2. The average molecular weight is 351 g/mol. The minimum absolute atomic E-state index is 0.419. The van der Waals surface area contributed by atoms with E-state index in [4.69, 9.17) is 0 Å². The van der Waals surface area contributed by atoms with Crippen molar-refractivity contribution in [1.29, 1.82) is 0 Å². The van der Waals surface area contributed by atoms with Crippen molar-refractivity contribution >= 4 is 11.8 Å². The lowest BCUT2D eigenvalue weighted by Gasteiger charge is -2.25. The number of thioether (sulfide) groups is 1. The summed E-state index contributed by atoms with van der Waals surface area (Å²) in [5, 5.41) is 0.838. The maximum Gasteiger partial charge on any atom is 0.0340 e. The Balaban J connectivity index is 2.33. The first-order valence-electron chi connectivity index (χ1n) is 8.92. The van der Waals surface area contributed by atoms with Gasteiger partial charge in [-0.1, -0.05) is 70.8 Å². The minimum atomic E-state index is 0.419. The molecule has 2 unspecified atom stereocenters. The molecule has 1 heteroatoms. The van der Waals surface area contributed by atoms with Crippen molar-refractivity contribution in [2.75, 3.05) is 0 Å². The van der Waals surface area contributed by atoms with E-state index in [1.165, 1.54) is 33.4 Å². The van der Waals surface area contributed by atoms with Crippen LogP contribution in [-0.4, -0.2) is 0 Å². The molecule has 0 saturated carbocycles. The van der Waals surface area contributed by atoms with E-state index in [1.54, 1.807) is 0 Å². The second-order valence-corrected chi connectivity index (χ2v) is 8.67. The van der Waals surface area contributed by atoms with Crippen LogP contribution in [-0.2, 0) is 0 Å². The van der Waals surface area contributed by atoms with E-state index in [0.717, 1.165) is 12.8 Å². The first-order chi connectivity index (χ1) is 11.8. The quantitative estimate of drug-likeness (QED) is 0.438. The monoisotopic (exact) mass is 350 g/mol. The lowest BCUT2D eigenvalue weighted by atomic mass is 10.0. The third-order valence-corrected chi connectivity index (χ3v) is 5.76. The molecule has 0 bridgehead atoms. The van der Waals surface area contributed by atoms with E-state index >= 15 is 0 Å². The fraction of sp³-hybridized carbons (Fsp3) is 0.333. The molecule has 0 fully saturated rings. The fourth-order valence-electron chi connectivity index (χ4n) is 3.06. The molecular weight excluding hydrogens is 320 g/mol. The van der Waals surface area contributed by atoms with Crippen molar-refractivity contribution in [3.63, 3.8) is 0 Å². The van der Waals surface area contributed by atoms with Crippen LogP contribution >= 0.6 is 11.8 Å². The van der Waals surface area contributed by atoms with Gasteiger partial charge in [0.05, 0.1) is 0 Å². The first-order valence-corrected chi connectivity index (χ1v) is 9.87. The van der Waals surface area contributed by atoms with Crippen LogP contribution < -0.4 is 0 Å². The Kier molecular flexibility index (Phi) is 7.13. The molecule has 0 N–H and O–H groups in total. The van der Waals surface area contributed by atoms with Gasteiger partial charge in [0.25, 0.3) is 0 Å². The molecule has 132 valence electrons. The SMILES string of the molecule is C=C(C)CC(SC(CC(=C)C)c1cccc(C)c1)c1cccc(C)c1. The molecule has 0 amide bonds. The van der Waals surface area contributed by atoms with Gasteiger partial charge in [-0.3, -0.25) is 0 Å². The van der Waals surface area contributed by atoms with Gasteiger partial charge in [0.1, 0.15) is 0 Å². The highest BCUT2D eigenvalue weighted by Gasteiger charge is 2.21. The Morgan fingerprint density at radius 3 is 1.52 bits per heavy atom. The van der Waals surface area contributed by atoms with Crippen LogP contribution in [0.15, 0.2) is 72.8 Å². The Bertz CT molecular complexity index is 678. The second-order valence-electron chi connectivity index (χ2n) is 7.26. The van der Waals surface area contributed by atoms with Crippen LogP contribution in [0.3, 0.4) is 0 Å². The van der Waals surface area contributed by atoms with Crippen LogP contribution in [0.4, 0.5) is 0 Å². The van der Waals surface area contributed by atoms with Gasteiger partial charge >= 0.3 is 0 Å². The molecule has 0 nitrogen and oxygen atoms in total. The van der Waals surface area contributed by atoms with Crippen molar-refractivity contribution in [2.45, 2.75) is 51.0 Å². The van der Waals surface area contributed by atoms with Gasteiger partial charge in [-0.15, -0.1) is 24.9 Å². The summed E-state index contributed by atoms with van der Waals surface area (Å²) in [5.74, 6) is 0. The maximum absolute atomic E-state index is 4.17. The molecular formula is C24H30S. The topological polar surface area (TPSA) is 0 Å². The summed E-state index contributed by atoms with van der Waals surface area (Å²) in [5.41, 5.74) is 7.89. The molecule has 0 heterocycles. The van der Waals surface area contributed by atoms with Gasteiger partial charge in [-0.05, 0) is 51.7 Å². The largest absolute Gasteiger partial charge is 0.145 e. The van der Waals surface area contributed by atoms with Gasteiger partial charge in [0.15, 0.2) is 0 Å². The van der Waals surface area contributed by atoms with E-state index in [0.29, 0.717) is 10.5 Å². The van der Waals surface area contributed by atoms with E-state index < -0.39 is 0 Å². The molecule has 0 aliphatic heterocycles. The molecule has 2 rings (SSSR count). The number of hydrogen-bond donors (Lipinski definition) is 0. The predicted octanol–water partition coefficient (Wildman–Crippen LogP) is 7.75.